The Kier molecular flexibility index (Phi) is 9.37. The van der Waals surface area contributed by atoms with Crippen molar-refractivity contribution in [3.05, 3.63) is 65.7 Å². The molecule has 0 aromatic heterocycles. The second kappa shape index (κ2) is 12.0. The van der Waals surface area contributed by atoms with Crippen LogP contribution in [-0.2, 0) is 27.5 Å². The number of para-hydroxylation sites is 1. The molecule has 0 fully saturated rings. The summed E-state index contributed by atoms with van der Waals surface area (Å²) in [5.74, 6) is -4.94. The fourth-order valence-electron chi connectivity index (χ4n) is 3.07. The van der Waals surface area contributed by atoms with E-state index >= 15 is 0 Å². The minimum Gasteiger partial charge on any atom is -0.480 e. The van der Waals surface area contributed by atoms with Crippen molar-refractivity contribution in [2.24, 2.45) is 0 Å². The van der Waals surface area contributed by atoms with Gasteiger partial charge in [-0.2, -0.15) is 13.2 Å². The van der Waals surface area contributed by atoms with E-state index in [1.54, 1.807) is 4.90 Å². The van der Waals surface area contributed by atoms with Crippen LogP contribution in [0.2, 0.25) is 0 Å². The Morgan fingerprint density at radius 2 is 1.30 bits per heavy atom. The van der Waals surface area contributed by atoms with Crippen molar-refractivity contribution in [2.45, 2.75) is 19.3 Å². The fourth-order valence-corrected chi connectivity index (χ4v) is 3.07. The molecule has 0 unspecified atom stereocenters. The van der Waals surface area contributed by atoms with Gasteiger partial charge in [-0.3, -0.25) is 19.4 Å². The van der Waals surface area contributed by atoms with Crippen LogP contribution in [-0.4, -0.2) is 70.3 Å². The number of esters is 1. The first kappa shape index (κ1) is 25.8. The number of halogens is 3. The number of carboxylic acids is 2. The molecule has 0 spiro atoms. The first-order valence-corrected chi connectivity index (χ1v) is 9.83. The van der Waals surface area contributed by atoms with E-state index in [2.05, 4.69) is 4.74 Å². The Morgan fingerprint density at radius 3 is 1.85 bits per heavy atom. The van der Waals surface area contributed by atoms with E-state index < -0.39 is 30.6 Å². The molecule has 2 aromatic rings. The van der Waals surface area contributed by atoms with E-state index in [4.69, 9.17) is 0 Å². The van der Waals surface area contributed by atoms with E-state index in [1.165, 1.54) is 29.2 Å². The summed E-state index contributed by atoms with van der Waals surface area (Å²) in [7, 11) is 0. The molecule has 2 rings (SSSR count). The molecule has 0 aliphatic carbocycles. The van der Waals surface area contributed by atoms with Crippen molar-refractivity contribution >= 4 is 17.9 Å². The van der Waals surface area contributed by atoms with Crippen molar-refractivity contribution < 1.29 is 42.5 Å². The van der Waals surface area contributed by atoms with Crippen molar-refractivity contribution in [3.63, 3.8) is 0 Å². The van der Waals surface area contributed by atoms with Gasteiger partial charge in [0.05, 0.1) is 13.1 Å². The maximum Gasteiger partial charge on any atom is 0.491 e. The molecular formula is C22H23F3N2O6. The summed E-state index contributed by atoms with van der Waals surface area (Å²) in [5.41, 5.74) is 1.05. The SMILES string of the molecule is O=C(O)CN(CCN(CC(=O)O)Cc1ccccc1OC(=O)C(F)(F)F)Cc1ccccc1. The summed E-state index contributed by atoms with van der Waals surface area (Å²) in [6, 6.07) is 14.6. The standard InChI is InChI=1S/C22H23F3N2O6/c23-22(24,25)21(32)33-18-9-5-4-8-17(18)13-27(15-20(30)31)11-10-26(14-19(28)29)12-16-6-2-1-3-7-16/h1-9H,10-15H2,(H,28,29)(H,30,31). The number of benzene rings is 2. The maximum atomic E-state index is 12.6. The molecule has 0 bridgehead atoms. The highest BCUT2D eigenvalue weighted by atomic mass is 19.4. The molecule has 0 saturated carbocycles. The predicted molar refractivity (Wildman–Crippen MR) is 110 cm³/mol. The van der Waals surface area contributed by atoms with Crippen LogP contribution in [0.25, 0.3) is 0 Å². The van der Waals surface area contributed by atoms with Crippen molar-refractivity contribution in [2.75, 3.05) is 26.2 Å². The quantitative estimate of drug-likeness (QED) is 0.362. The second-order valence-corrected chi connectivity index (χ2v) is 7.19. The van der Waals surface area contributed by atoms with Crippen LogP contribution in [0.4, 0.5) is 13.2 Å². The van der Waals surface area contributed by atoms with Crippen LogP contribution >= 0.6 is 0 Å². The molecule has 8 nitrogen and oxygen atoms in total. The second-order valence-electron chi connectivity index (χ2n) is 7.19. The number of alkyl halides is 3. The Labute approximate surface area is 187 Å². The topological polar surface area (TPSA) is 107 Å². The highest BCUT2D eigenvalue weighted by molar-refractivity contribution is 5.78. The average molecular weight is 468 g/mol. The van der Waals surface area contributed by atoms with Gasteiger partial charge in [-0.05, 0) is 11.6 Å². The largest absolute Gasteiger partial charge is 0.491 e. The van der Waals surface area contributed by atoms with E-state index in [9.17, 15) is 37.8 Å². The maximum absolute atomic E-state index is 12.6. The van der Waals surface area contributed by atoms with Gasteiger partial charge in [-0.25, -0.2) is 4.79 Å². The summed E-state index contributed by atoms with van der Waals surface area (Å²) in [5, 5.41) is 18.4. The van der Waals surface area contributed by atoms with E-state index in [-0.39, 0.29) is 37.5 Å². The van der Waals surface area contributed by atoms with E-state index in [0.29, 0.717) is 6.54 Å². The number of nitrogens with zero attached hydrogens (tertiary/aromatic N) is 2. The molecule has 33 heavy (non-hydrogen) atoms. The molecule has 0 aliphatic heterocycles. The Morgan fingerprint density at radius 1 is 0.788 bits per heavy atom. The van der Waals surface area contributed by atoms with Gasteiger partial charge in [0.25, 0.3) is 0 Å². The van der Waals surface area contributed by atoms with E-state index in [0.717, 1.165) is 5.56 Å². The molecule has 178 valence electrons. The lowest BCUT2D eigenvalue weighted by molar-refractivity contribution is -0.189. The zero-order valence-corrected chi connectivity index (χ0v) is 17.5. The smallest absolute Gasteiger partial charge is 0.480 e. The van der Waals surface area contributed by atoms with Crippen molar-refractivity contribution in [1.29, 1.82) is 0 Å². The number of ether oxygens (including phenoxy) is 1. The number of rotatable bonds is 12. The predicted octanol–water partition coefficient (Wildman–Crippen LogP) is 2.63. The lowest BCUT2D eigenvalue weighted by Gasteiger charge is -2.26. The first-order chi connectivity index (χ1) is 15.5. The van der Waals surface area contributed by atoms with Gasteiger partial charge in [0.2, 0.25) is 0 Å². The number of aliphatic carboxylic acids is 2. The van der Waals surface area contributed by atoms with Crippen LogP contribution in [0.1, 0.15) is 11.1 Å². The summed E-state index contributed by atoms with van der Waals surface area (Å²) >= 11 is 0. The fraction of sp³-hybridized carbons (Fsp3) is 0.318. The number of carbonyl (C=O) groups is 3. The van der Waals surface area contributed by atoms with Gasteiger partial charge < -0.3 is 14.9 Å². The molecule has 0 saturated heterocycles. The molecule has 0 radical (unpaired) electrons. The third-order valence-corrected chi connectivity index (χ3v) is 4.50. The van der Waals surface area contributed by atoms with Gasteiger partial charge in [0.1, 0.15) is 5.75 Å². The first-order valence-electron chi connectivity index (χ1n) is 9.83. The summed E-state index contributed by atoms with van der Waals surface area (Å²) in [6.07, 6.45) is -5.18. The average Bonchev–Trinajstić information content (AvgIpc) is 2.72. The summed E-state index contributed by atoms with van der Waals surface area (Å²) < 4.78 is 42.2. The molecular weight excluding hydrogens is 445 g/mol. The van der Waals surface area contributed by atoms with Crippen LogP contribution in [0, 0.1) is 0 Å². The van der Waals surface area contributed by atoms with Gasteiger partial charge in [0, 0.05) is 31.7 Å². The molecule has 0 heterocycles. The molecule has 2 N–H and O–H groups in total. The van der Waals surface area contributed by atoms with Gasteiger partial charge in [-0.15, -0.1) is 0 Å². The minimum atomic E-state index is -5.18. The van der Waals surface area contributed by atoms with Gasteiger partial charge in [0.15, 0.2) is 0 Å². The van der Waals surface area contributed by atoms with Gasteiger partial charge in [-0.1, -0.05) is 48.5 Å². The van der Waals surface area contributed by atoms with Crippen molar-refractivity contribution in [3.8, 4) is 5.75 Å². The number of hydrogen-bond acceptors (Lipinski definition) is 6. The zero-order valence-electron chi connectivity index (χ0n) is 17.5. The van der Waals surface area contributed by atoms with E-state index in [1.807, 2.05) is 30.3 Å². The molecule has 0 amide bonds. The minimum absolute atomic E-state index is 0.105. The van der Waals surface area contributed by atoms with Crippen LogP contribution in [0.15, 0.2) is 54.6 Å². The number of carbonyl (C=O) groups excluding carboxylic acids is 1. The summed E-state index contributed by atoms with van der Waals surface area (Å²) in [6.45, 7) is -0.260. The van der Waals surface area contributed by atoms with Crippen LogP contribution in [0.3, 0.4) is 0 Å². The van der Waals surface area contributed by atoms with Crippen molar-refractivity contribution in [1.82, 2.24) is 9.80 Å². The highest BCUT2D eigenvalue weighted by Gasteiger charge is 2.41. The van der Waals surface area contributed by atoms with Crippen LogP contribution < -0.4 is 4.74 Å². The Balaban J connectivity index is 2.13. The monoisotopic (exact) mass is 468 g/mol. The molecule has 11 heteroatoms. The Hall–Kier alpha value is -3.44. The summed E-state index contributed by atoms with van der Waals surface area (Å²) in [4.78, 5) is 36.8. The van der Waals surface area contributed by atoms with Crippen LogP contribution in [0.5, 0.6) is 5.75 Å². The zero-order chi connectivity index (χ0) is 24.4. The lowest BCUT2D eigenvalue weighted by Crippen LogP contribution is -2.39. The third kappa shape index (κ3) is 9.29. The number of carboxylic acid groups (broad SMARTS) is 2. The molecule has 0 aliphatic rings. The lowest BCUT2D eigenvalue weighted by atomic mass is 10.2. The highest BCUT2D eigenvalue weighted by Crippen LogP contribution is 2.24. The normalized spacial score (nSPS) is 11.5. The third-order valence-electron chi connectivity index (χ3n) is 4.50. The number of hydrogen-bond donors (Lipinski definition) is 2. The molecule has 2 aromatic carbocycles. The Bertz CT molecular complexity index is 953. The molecule has 0 atom stereocenters. The van der Waals surface area contributed by atoms with Gasteiger partial charge >= 0.3 is 24.1 Å².